The van der Waals surface area contributed by atoms with E-state index < -0.39 is 0 Å². The van der Waals surface area contributed by atoms with E-state index in [-0.39, 0.29) is 23.7 Å². The topological polar surface area (TPSA) is 78.3 Å². The first-order valence-electron chi connectivity index (χ1n) is 8.51. The zero-order chi connectivity index (χ0) is 18.1. The van der Waals surface area contributed by atoms with Gasteiger partial charge in [0.2, 0.25) is 0 Å². The van der Waals surface area contributed by atoms with Gasteiger partial charge in [0.1, 0.15) is 17.8 Å². The van der Waals surface area contributed by atoms with Gasteiger partial charge in [-0.3, -0.25) is 9.59 Å². The molecule has 1 aliphatic heterocycles. The lowest BCUT2D eigenvalue weighted by molar-refractivity contribution is 0.0697. The summed E-state index contributed by atoms with van der Waals surface area (Å²) in [6.07, 6.45) is 4.29. The van der Waals surface area contributed by atoms with Crippen LogP contribution in [0.3, 0.4) is 0 Å². The molecule has 0 unspecified atom stereocenters. The fourth-order valence-corrected chi connectivity index (χ4v) is 3.28. The van der Waals surface area contributed by atoms with Gasteiger partial charge in [0, 0.05) is 30.0 Å². The highest BCUT2D eigenvalue weighted by Crippen LogP contribution is 2.18. The van der Waals surface area contributed by atoms with Crippen LogP contribution in [0.5, 0.6) is 0 Å². The molecule has 0 saturated carbocycles. The fourth-order valence-electron chi connectivity index (χ4n) is 3.28. The lowest BCUT2D eigenvalue weighted by Crippen LogP contribution is -2.46. The van der Waals surface area contributed by atoms with Crippen molar-refractivity contribution in [2.75, 3.05) is 13.1 Å². The van der Waals surface area contributed by atoms with Crippen LogP contribution in [0.4, 0.5) is 4.39 Å². The molecule has 2 aromatic heterocycles. The number of benzene rings is 1. The monoisotopic (exact) mass is 355 g/mol. The minimum Gasteiger partial charge on any atom is -0.472 e. The normalized spacial score (nSPS) is 15.3. The molecule has 6 nitrogen and oxygen atoms in total. The maximum absolute atomic E-state index is 13.3. The summed E-state index contributed by atoms with van der Waals surface area (Å²) >= 11 is 0. The Bertz CT molecular complexity index is 940. The first-order valence-corrected chi connectivity index (χ1v) is 8.51. The van der Waals surface area contributed by atoms with Crippen molar-refractivity contribution in [1.82, 2.24) is 15.2 Å². The average molecular weight is 355 g/mol. The molecule has 4 rings (SSSR count). The Hall–Kier alpha value is -3.09. The van der Waals surface area contributed by atoms with E-state index in [1.54, 1.807) is 23.1 Å². The predicted molar refractivity (Wildman–Crippen MR) is 93.4 cm³/mol. The second kappa shape index (κ2) is 6.67. The van der Waals surface area contributed by atoms with Crippen molar-refractivity contribution < 1.29 is 18.4 Å². The molecule has 1 aliphatic rings. The Kier molecular flexibility index (Phi) is 4.20. The molecular formula is C19H18FN3O3. The number of likely N-dealkylation sites (tertiary alicyclic amines) is 1. The zero-order valence-corrected chi connectivity index (χ0v) is 14.0. The number of aromatic nitrogens is 1. The number of piperidine rings is 1. The van der Waals surface area contributed by atoms with E-state index in [0.717, 1.165) is 5.52 Å². The molecule has 1 aromatic carbocycles. The Morgan fingerprint density at radius 3 is 2.73 bits per heavy atom. The van der Waals surface area contributed by atoms with Crippen LogP contribution in [0.25, 0.3) is 10.9 Å². The van der Waals surface area contributed by atoms with Gasteiger partial charge in [-0.05, 0) is 43.2 Å². The highest BCUT2D eigenvalue weighted by atomic mass is 19.1. The van der Waals surface area contributed by atoms with Crippen molar-refractivity contribution >= 4 is 22.7 Å². The molecule has 0 aliphatic carbocycles. The molecule has 2 N–H and O–H groups in total. The number of H-pyrrole nitrogens is 1. The quantitative estimate of drug-likeness (QED) is 0.758. The number of carbonyl (C=O) groups excluding carboxylic acids is 2. The van der Waals surface area contributed by atoms with E-state index in [1.165, 1.54) is 24.7 Å². The molecule has 0 atom stereocenters. The van der Waals surface area contributed by atoms with E-state index in [9.17, 15) is 14.0 Å². The number of nitrogens with zero attached hydrogens (tertiary/aromatic N) is 1. The van der Waals surface area contributed by atoms with E-state index in [1.807, 2.05) is 0 Å². The number of aromatic amines is 1. The van der Waals surface area contributed by atoms with Crippen molar-refractivity contribution in [3.8, 4) is 0 Å². The summed E-state index contributed by atoms with van der Waals surface area (Å²) in [6.45, 7) is 1.15. The third kappa shape index (κ3) is 3.20. The first-order chi connectivity index (χ1) is 12.6. The van der Waals surface area contributed by atoms with Crippen LogP contribution in [0, 0.1) is 5.82 Å². The van der Waals surface area contributed by atoms with Crippen LogP contribution in [-0.4, -0.2) is 40.8 Å². The van der Waals surface area contributed by atoms with E-state index in [4.69, 9.17) is 4.42 Å². The van der Waals surface area contributed by atoms with Crippen molar-refractivity contribution in [3.63, 3.8) is 0 Å². The Balaban J connectivity index is 1.36. The molecule has 0 bridgehead atoms. The highest BCUT2D eigenvalue weighted by molar-refractivity contribution is 5.98. The number of hydrogen-bond donors (Lipinski definition) is 2. The van der Waals surface area contributed by atoms with Gasteiger partial charge in [0.25, 0.3) is 11.8 Å². The molecule has 0 spiro atoms. The summed E-state index contributed by atoms with van der Waals surface area (Å²) in [6, 6.07) is 7.65. The Morgan fingerprint density at radius 2 is 2.00 bits per heavy atom. The first kappa shape index (κ1) is 16.4. The molecule has 26 heavy (non-hydrogen) atoms. The second-order valence-electron chi connectivity index (χ2n) is 6.47. The number of fused-ring (bicyclic) bond motifs is 1. The molecule has 1 fully saturated rings. The number of rotatable bonds is 3. The number of carbonyl (C=O) groups is 2. The molecule has 3 aromatic rings. The molecule has 134 valence electrons. The number of hydrogen-bond acceptors (Lipinski definition) is 3. The van der Waals surface area contributed by atoms with Crippen LogP contribution in [0.1, 0.15) is 33.7 Å². The van der Waals surface area contributed by atoms with Gasteiger partial charge in [-0.1, -0.05) is 0 Å². The third-order valence-electron chi connectivity index (χ3n) is 4.71. The summed E-state index contributed by atoms with van der Waals surface area (Å²) in [5.74, 6) is -0.611. The minimum atomic E-state index is -0.335. The standard InChI is InChI=1S/C19H18FN3O3/c20-14-1-2-16-13(9-14)10-17(22-16)18(24)21-15-3-6-23(7-4-15)19(25)12-5-8-26-11-12/h1-2,5,8-11,15,22H,3-4,6-7H2,(H,21,24). The molecule has 0 radical (unpaired) electrons. The average Bonchev–Trinajstić information content (AvgIpc) is 3.31. The minimum absolute atomic E-state index is 0.000881. The van der Waals surface area contributed by atoms with Gasteiger partial charge >= 0.3 is 0 Å². The van der Waals surface area contributed by atoms with Gasteiger partial charge in [0.05, 0.1) is 11.8 Å². The lowest BCUT2D eigenvalue weighted by atomic mass is 10.0. The van der Waals surface area contributed by atoms with Gasteiger partial charge in [-0.2, -0.15) is 0 Å². The molecule has 1 saturated heterocycles. The van der Waals surface area contributed by atoms with Gasteiger partial charge in [0.15, 0.2) is 0 Å². The van der Waals surface area contributed by atoms with Crippen molar-refractivity contribution in [2.45, 2.75) is 18.9 Å². The van der Waals surface area contributed by atoms with Gasteiger partial charge < -0.3 is 19.6 Å². The smallest absolute Gasteiger partial charge is 0.267 e. The van der Waals surface area contributed by atoms with Crippen LogP contribution < -0.4 is 5.32 Å². The zero-order valence-electron chi connectivity index (χ0n) is 14.0. The molecule has 2 amide bonds. The maximum atomic E-state index is 13.3. The van der Waals surface area contributed by atoms with Crippen molar-refractivity contribution in [1.29, 1.82) is 0 Å². The van der Waals surface area contributed by atoms with E-state index >= 15 is 0 Å². The van der Waals surface area contributed by atoms with Gasteiger partial charge in [-0.25, -0.2) is 4.39 Å². The third-order valence-corrected chi connectivity index (χ3v) is 4.71. The maximum Gasteiger partial charge on any atom is 0.267 e. The largest absolute Gasteiger partial charge is 0.472 e. The highest BCUT2D eigenvalue weighted by Gasteiger charge is 2.25. The summed E-state index contributed by atoms with van der Waals surface area (Å²) in [5.41, 5.74) is 1.66. The number of nitrogens with one attached hydrogen (secondary N) is 2. The van der Waals surface area contributed by atoms with E-state index in [2.05, 4.69) is 10.3 Å². The summed E-state index contributed by atoms with van der Waals surface area (Å²) in [5, 5.41) is 3.65. The number of furan rings is 1. The Labute approximate surface area is 149 Å². The summed E-state index contributed by atoms with van der Waals surface area (Å²) < 4.78 is 18.2. The number of amides is 2. The molecule has 7 heteroatoms. The number of halogens is 1. The summed E-state index contributed by atoms with van der Waals surface area (Å²) in [7, 11) is 0. The van der Waals surface area contributed by atoms with Crippen LogP contribution in [-0.2, 0) is 0 Å². The van der Waals surface area contributed by atoms with Crippen LogP contribution >= 0.6 is 0 Å². The van der Waals surface area contributed by atoms with Crippen LogP contribution in [0.2, 0.25) is 0 Å². The fraction of sp³-hybridized carbons (Fsp3) is 0.263. The van der Waals surface area contributed by atoms with Gasteiger partial charge in [-0.15, -0.1) is 0 Å². The summed E-state index contributed by atoms with van der Waals surface area (Å²) in [4.78, 5) is 29.5. The Morgan fingerprint density at radius 1 is 1.19 bits per heavy atom. The van der Waals surface area contributed by atoms with Crippen LogP contribution in [0.15, 0.2) is 47.3 Å². The molecular weight excluding hydrogens is 337 g/mol. The van der Waals surface area contributed by atoms with E-state index in [0.29, 0.717) is 42.6 Å². The van der Waals surface area contributed by atoms with Crippen molar-refractivity contribution in [3.05, 3.63) is 59.9 Å². The predicted octanol–water partition coefficient (Wildman–Crippen LogP) is 2.93. The SMILES string of the molecule is O=C(NC1CCN(C(=O)c2ccoc2)CC1)c1cc2cc(F)ccc2[nH]1. The molecule has 3 heterocycles. The lowest BCUT2D eigenvalue weighted by Gasteiger charge is -2.32. The van der Waals surface area contributed by atoms with Crippen molar-refractivity contribution in [2.24, 2.45) is 0 Å². The second-order valence-corrected chi connectivity index (χ2v) is 6.47.